The Morgan fingerprint density at radius 2 is 1.58 bits per heavy atom. The third kappa shape index (κ3) is 4.11. The van der Waals surface area contributed by atoms with E-state index in [1.807, 2.05) is 48.5 Å². The van der Waals surface area contributed by atoms with Crippen LogP contribution in [-0.4, -0.2) is 18.9 Å². The standard InChI is InChI=1S/C25H20ClNO3S/c1-3-16-8-12-18(13-9-16)27-24(28)22(20-6-4-5-7-21(20)30-2)23(25(27)29)31-19-14-10-17(26)11-15-19/h4-15H,3H2,1-2H3. The van der Waals surface area contributed by atoms with E-state index in [9.17, 15) is 9.59 Å². The van der Waals surface area contributed by atoms with Crippen molar-refractivity contribution in [1.82, 2.24) is 0 Å². The van der Waals surface area contributed by atoms with Crippen LogP contribution >= 0.6 is 23.4 Å². The maximum Gasteiger partial charge on any atom is 0.272 e. The van der Waals surface area contributed by atoms with Gasteiger partial charge in [-0.25, -0.2) is 4.90 Å². The minimum atomic E-state index is -0.366. The molecule has 3 aromatic carbocycles. The molecule has 0 radical (unpaired) electrons. The normalized spacial score (nSPS) is 13.8. The van der Waals surface area contributed by atoms with Crippen LogP contribution in [-0.2, 0) is 16.0 Å². The van der Waals surface area contributed by atoms with E-state index in [2.05, 4.69) is 6.92 Å². The average Bonchev–Trinajstić information content (AvgIpc) is 3.04. The summed E-state index contributed by atoms with van der Waals surface area (Å²) in [6.07, 6.45) is 0.880. The zero-order valence-corrected chi connectivity index (χ0v) is 18.7. The van der Waals surface area contributed by atoms with Gasteiger partial charge >= 0.3 is 0 Å². The van der Waals surface area contributed by atoms with Crippen molar-refractivity contribution in [2.75, 3.05) is 12.0 Å². The van der Waals surface area contributed by atoms with Gasteiger partial charge in [0.2, 0.25) is 0 Å². The molecule has 4 rings (SSSR count). The Morgan fingerprint density at radius 1 is 0.903 bits per heavy atom. The highest BCUT2D eigenvalue weighted by atomic mass is 35.5. The summed E-state index contributed by atoms with van der Waals surface area (Å²) in [4.78, 5) is 29.4. The van der Waals surface area contributed by atoms with Crippen LogP contribution in [0.25, 0.3) is 5.57 Å². The van der Waals surface area contributed by atoms with E-state index < -0.39 is 0 Å². The number of amides is 2. The van der Waals surface area contributed by atoms with Crippen LogP contribution in [0, 0.1) is 0 Å². The number of ether oxygens (including phenoxy) is 1. The van der Waals surface area contributed by atoms with E-state index in [1.54, 1.807) is 31.4 Å². The minimum absolute atomic E-state index is 0.335. The number of hydrogen-bond acceptors (Lipinski definition) is 4. The highest BCUT2D eigenvalue weighted by molar-refractivity contribution is 8.04. The Kier molecular flexibility index (Phi) is 6.16. The molecule has 6 heteroatoms. The zero-order valence-electron chi connectivity index (χ0n) is 17.1. The number of methoxy groups -OCH3 is 1. The molecule has 0 saturated carbocycles. The maximum absolute atomic E-state index is 13.6. The highest BCUT2D eigenvalue weighted by Gasteiger charge is 2.41. The molecule has 0 fully saturated rings. The van der Waals surface area contributed by atoms with Gasteiger partial charge in [0, 0.05) is 15.5 Å². The van der Waals surface area contributed by atoms with E-state index in [0.29, 0.717) is 32.5 Å². The van der Waals surface area contributed by atoms with Crippen LogP contribution in [0.1, 0.15) is 18.1 Å². The fourth-order valence-electron chi connectivity index (χ4n) is 3.43. The number of rotatable bonds is 6. The van der Waals surface area contributed by atoms with Crippen molar-refractivity contribution in [1.29, 1.82) is 0 Å². The number of halogens is 1. The molecule has 0 unspecified atom stereocenters. The number of benzene rings is 3. The van der Waals surface area contributed by atoms with Gasteiger partial charge in [0.1, 0.15) is 5.75 Å². The lowest BCUT2D eigenvalue weighted by atomic mass is 10.0. The molecule has 1 aliphatic heterocycles. The molecule has 0 aromatic heterocycles. The zero-order chi connectivity index (χ0) is 22.0. The van der Waals surface area contributed by atoms with Gasteiger partial charge in [-0.1, -0.05) is 60.6 Å². The monoisotopic (exact) mass is 449 g/mol. The van der Waals surface area contributed by atoms with Crippen LogP contribution < -0.4 is 9.64 Å². The van der Waals surface area contributed by atoms with Gasteiger partial charge in [-0.15, -0.1) is 0 Å². The Bertz CT molecular complexity index is 1170. The lowest BCUT2D eigenvalue weighted by molar-refractivity contribution is -0.119. The first-order valence-electron chi connectivity index (χ1n) is 9.82. The number of aryl methyl sites for hydroxylation is 1. The van der Waals surface area contributed by atoms with Crippen molar-refractivity contribution >= 4 is 46.4 Å². The summed E-state index contributed by atoms with van der Waals surface area (Å²) >= 11 is 7.26. The molecule has 31 heavy (non-hydrogen) atoms. The first-order chi connectivity index (χ1) is 15.0. The van der Waals surface area contributed by atoms with Crippen LogP contribution in [0.5, 0.6) is 5.75 Å². The maximum atomic E-state index is 13.6. The molecular formula is C25H20ClNO3S. The molecule has 2 amide bonds. The smallest absolute Gasteiger partial charge is 0.272 e. The first kappa shape index (κ1) is 21.2. The Hall–Kier alpha value is -3.02. The van der Waals surface area contributed by atoms with Gasteiger partial charge in [-0.05, 0) is 54.4 Å². The van der Waals surface area contributed by atoms with Crippen molar-refractivity contribution in [3.63, 3.8) is 0 Å². The predicted molar refractivity (Wildman–Crippen MR) is 126 cm³/mol. The molecule has 0 spiro atoms. The number of para-hydroxylation sites is 1. The molecule has 1 heterocycles. The van der Waals surface area contributed by atoms with Gasteiger partial charge in [-0.3, -0.25) is 9.59 Å². The molecule has 0 saturated heterocycles. The molecule has 0 N–H and O–H groups in total. The lowest BCUT2D eigenvalue weighted by Crippen LogP contribution is -2.31. The van der Waals surface area contributed by atoms with Crippen LogP contribution in [0.4, 0.5) is 5.69 Å². The summed E-state index contributed by atoms with van der Waals surface area (Å²) in [6, 6.07) is 21.9. The Morgan fingerprint density at radius 3 is 2.23 bits per heavy atom. The highest BCUT2D eigenvalue weighted by Crippen LogP contribution is 2.43. The minimum Gasteiger partial charge on any atom is -0.496 e. The predicted octanol–water partition coefficient (Wildman–Crippen LogP) is 5.99. The second-order valence-electron chi connectivity index (χ2n) is 6.93. The first-order valence-corrected chi connectivity index (χ1v) is 11.0. The topological polar surface area (TPSA) is 46.6 Å². The van der Waals surface area contributed by atoms with Crippen LogP contribution in [0.2, 0.25) is 5.02 Å². The third-order valence-electron chi connectivity index (χ3n) is 5.05. The van der Waals surface area contributed by atoms with Gasteiger partial charge in [-0.2, -0.15) is 0 Å². The largest absolute Gasteiger partial charge is 0.496 e. The second kappa shape index (κ2) is 9.00. The van der Waals surface area contributed by atoms with Crippen molar-refractivity contribution in [2.45, 2.75) is 18.2 Å². The summed E-state index contributed by atoms with van der Waals surface area (Å²) in [7, 11) is 1.55. The summed E-state index contributed by atoms with van der Waals surface area (Å²) in [6.45, 7) is 2.06. The van der Waals surface area contributed by atoms with Gasteiger partial charge in [0.25, 0.3) is 11.8 Å². The van der Waals surface area contributed by atoms with E-state index in [4.69, 9.17) is 16.3 Å². The molecular weight excluding hydrogens is 430 g/mol. The summed E-state index contributed by atoms with van der Waals surface area (Å²) in [5.41, 5.74) is 2.61. The fourth-order valence-corrected chi connectivity index (χ4v) is 4.54. The number of carbonyl (C=O) groups excluding carboxylic acids is 2. The molecule has 156 valence electrons. The fraction of sp³-hybridized carbons (Fsp3) is 0.120. The SMILES string of the molecule is CCc1ccc(N2C(=O)C(Sc3ccc(Cl)cc3)=C(c3ccccc3OC)C2=O)cc1. The summed E-state index contributed by atoms with van der Waals surface area (Å²) in [5.74, 6) is -0.179. The second-order valence-corrected chi connectivity index (χ2v) is 8.45. The van der Waals surface area contributed by atoms with E-state index in [1.165, 1.54) is 16.7 Å². The Balaban J connectivity index is 1.83. The summed E-state index contributed by atoms with van der Waals surface area (Å²) in [5, 5.41) is 0.606. The third-order valence-corrected chi connectivity index (χ3v) is 6.40. The van der Waals surface area contributed by atoms with Crippen molar-refractivity contribution in [3.05, 3.63) is 93.9 Å². The number of imide groups is 1. The van der Waals surface area contributed by atoms with Crippen molar-refractivity contribution in [2.24, 2.45) is 0 Å². The van der Waals surface area contributed by atoms with Gasteiger partial charge in [0.05, 0.1) is 23.3 Å². The molecule has 0 bridgehead atoms. The molecule has 0 aliphatic carbocycles. The summed E-state index contributed by atoms with van der Waals surface area (Å²) < 4.78 is 5.48. The number of thioether (sulfide) groups is 1. The average molecular weight is 450 g/mol. The van der Waals surface area contributed by atoms with E-state index in [0.717, 1.165) is 16.9 Å². The molecule has 4 nitrogen and oxygen atoms in total. The lowest BCUT2D eigenvalue weighted by Gasteiger charge is -2.16. The quantitative estimate of drug-likeness (QED) is 0.434. The van der Waals surface area contributed by atoms with Crippen molar-refractivity contribution in [3.8, 4) is 5.75 Å². The van der Waals surface area contributed by atoms with Gasteiger partial charge < -0.3 is 4.74 Å². The van der Waals surface area contributed by atoms with Gasteiger partial charge in [0.15, 0.2) is 0 Å². The molecule has 3 aromatic rings. The Labute approximate surface area is 190 Å². The molecule has 1 aliphatic rings. The number of hydrogen-bond donors (Lipinski definition) is 0. The van der Waals surface area contributed by atoms with Crippen LogP contribution in [0.15, 0.2) is 82.6 Å². The van der Waals surface area contributed by atoms with Crippen molar-refractivity contribution < 1.29 is 14.3 Å². The van der Waals surface area contributed by atoms with E-state index >= 15 is 0 Å². The van der Waals surface area contributed by atoms with Crippen LogP contribution in [0.3, 0.4) is 0 Å². The molecule has 0 atom stereocenters. The number of nitrogens with zero attached hydrogens (tertiary/aromatic N) is 1. The number of anilines is 1. The van der Waals surface area contributed by atoms with E-state index in [-0.39, 0.29) is 11.8 Å². The number of carbonyl (C=O) groups is 2.